The number of carboxylic acid groups (broad SMARTS) is 1. The topological polar surface area (TPSA) is 264 Å². The van der Waals surface area contributed by atoms with E-state index < -0.39 is 77.7 Å². The van der Waals surface area contributed by atoms with Crippen LogP contribution in [0.1, 0.15) is 32.8 Å². The Bertz CT molecular complexity index is 1340. The second-order valence-corrected chi connectivity index (χ2v) is 11.2. The number of benzene rings is 1. The zero-order valence-corrected chi connectivity index (χ0v) is 24.7. The number of aliphatic hydroxyl groups is 3. The number of nitrogens with two attached hydrogens (primary N) is 1. The van der Waals surface area contributed by atoms with Gasteiger partial charge < -0.3 is 51.0 Å². The molecule has 2 aliphatic rings. The number of anilines is 1. The number of aliphatic carboxylic acids is 1. The van der Waals surface area contributed by atoms with Crippen molar-refractivity contribution in [2.45, 2.75) is 70.5 Å². The van der Waals surface area contributed by atoms with Crippen LogP contribution in [0.5, 0.6) is 5.75 Å². The van der Waals surface area contributed by atoms with Crippen LogP contribution in [-0.4, -0.2) is 111 Å². The normalized spacial score (nSPS) is 23.8. The molecule has 1 aromatic rings. The number of esters is 1. The summed E-state index contributed by atoms with van der Waals surface area (Å²) in [6, 6.07) is 2.85. The maximum Gasteiger partial charge on any atom is 0.335 e. The summed E-state index contributed by atoms with van der Waals surface area (Å²) in [4.78, 5) is 73.7. The largest absolute Gasteiger partial charge is 0.479 e. The number of imide groups is 1. The van der Waals surface area contributed by atoms with Gasteiger partial charge in [-0.15, -0.1) is 0 Å². The molecule has 2 heterocycles. The van der Waals surface area contributed by atoms with Crippen molar-refractivity contribution in [3.63, 3.8) is 0 Å². The molecule has 246 valence electrons. The molecule has 17 nitrogen and oxygen atoms in total. The van der Waals surface area contributed by atoms with Crippen LogP contribution >= 0.6 is 0 Å². The first-order valence-electron chi connectivity index (χ1n) is 13.8. The number of hydrogen-bond donors (Lipinski definition) is 7. The predicted octanol–water partition coefficient (Wildman–Crippen LogP) is -2.26. The van der Waals surface area contributed by atoms with Crippen molar-refractivity contribution in [1.82, 2.24) is 10.2 Å². The van der Waals surface area contributed by atoms with Crippen LogP contribution in [0.3, 0.4) is 0 Å². The number of carbonyl (C=O) groups is 6. The van der Waals surface area contributed by atoms with E-state index in [1.165, 1.54) is 18.2 Å². The van der Waals surface area contributed by atoms with E-state index in [9.17, 15) is 49.2 Å². The highest BCUT2D eigenvalue weighted by molar-refractivity contribution is 6.15. The molecule has 3 unspecified atom stereocenters. The Kier molecular flexibility index (Phi) is 11.4. The molecule has 0 aliphatic carbocycles. The van der Waals surface area contributed by atoms with E-state index in [0.29, 0.717) is 10.5 Å². The van der Waals surface area contributed by atoms with E-state index in [-0.39, 0.29) is 37.6 Å². The monoisotopic (exact) mass is 636 g/mol. The molecule has 17 heteroatoms. The molecule has 0 spiro atoms. The summed E-state index contributed by atoms with van der Waals surface area (Å²) in [6.07, 6.45) is -7.82. The minimum Gasteiger partial charge on any atom is -0.479 e. The van der Waals surface area contributed by atoms with Gasteiger partial charge in [0.05, 0.1) is 11.1 Å². The molecule has 0 bridgehead atoms. The van der Waals surface area contributed by atoms with Gasteiger partial charge in [0.2, 0.25) is 18.1 Å². The van der Waals surface area contributed by atoms with Gasteiger partial charge in [0.15, 0.2) is 6.10 Å². The molecule has 2 aliphatic heterocycles. The van der Waals surface area contributed by atoms with Crippen LogP contribution in [0.4, 0.5) is 5.69 Å². The van der Waals surface area contributed by atoms with Crippen LogP contribution in [-0.2, 0) is 44.8 Å². The lowest BCUT2D eigenvalue weighted by atomic mass is 9.97. The number of ether oxygens (including phenoxy) is 3. The molecule has 6 atom stereocenters. The lowest BCUT2D eigenvalue weighted by Gasteiger charge is -2.38. The van der Waals surface area contributed by atoms with Gasteiger partial charge in [-0.1, -0.05) is 6.07 Å². The minimum atomic E-state index is -1.96. The van der Waals surface area contributed by atoms with Crippen molar-refractivity contribution in [3.05, 3.63) is 35.9 Å². The fourth-order valence-corrected chi connectivity index (χ4v) is 4.19. The summed E-state index contributed by atoms with van der Waals surface area (Å²) in [5.74, 6) is -5.12. The number of carbonyl (C=O) groups excluding carboxylic acids is 5. The molecule has 0 radical (unpaired) electrons. The van der Waals surface area contributed by atoms with Crippen LogP contribution < -0.4 is 21.1 Å². The predicted molar refractivity (Wildman–Crippen MR) is 151 cm³/mol. The molecule has 4 amide bonds. The van der Waals surface area contributed by atoms with Crippen molar-refractivity contribution in [2.24, 2.45) is 11.1 Å². The maximum absolute atomic E-state index is 12.9. The van der Waals surface area contributed by atoms with Gasteiger partial charge in [0.25, 0.3) is 11.8 Å². The fraction of sp³-hybridized carbons (Fsp3) is 0.500. The summed E-state index contributed by atoms with van der Waals surface area (Å²) >= 11 is 0. The second kappa shape index (κ2) is 14.6. The SMILES string of the molecule is CC(C)(C)C(=O)OCc1ccc(OC2OC(C(=O)O)C(O)[C@H](O)[C@@H]2O)c(NC(=O)CCNC(=O)[C@H](CN)N2C(=O)C=CC2=O)c1. The highest BCUT2D eigenvalue weighted by atomic mass is 16.7. The Morgan fingerprint density at radius 3 is 2.27 bits per heavy atom. The van der Waals surface area contributed by atoms with Gasteiger partial charge in [-0.25, -0.2) is 4.79 Å². The van der Waals surface area contributed by atoms with Gasteiger partial charge in [-0.2, -0.15) is 0 Å². The van der Waals surface area contributed by atoms with E-state index in [1.54, 1.807) is 20.8 Å². The van der Waals surface area contributed by atoms with Gasteiger partial charge >= 0.3 is 11.9 Å². The van der Waals surface area contributed by atoms with Crippen molar-refractivity contribution >= 4 is 41.3 Å². The molecule has 0 saturated carbocycles. The Morgan fingerprint density at radius 1 is 1.04 bits per heavy atom. The summed E-state index contributed by atoms with van der Waals surface area (Å²) < 4.78 is 16.1. The summed E-state index contributed by atoms with van der Waals surface area (Å²) in [6.45, 7) is 4.19. The van der Waals surface area contributed by atoms with E-state index in [1.807, 2.05) is 0 Å². The van der Waals surface area contributed by atoms with Crippen LogP contribution in [0.25, 0.3) is 0 Å². The summed E-state index contributed by atoms with van der Waals surface area (Å²) in [7, 11) is 0. The maximum atomic E-state index is 12.9. The van der Waals surface area contributed by atoms with Crippen molar-refractivity contribution in [3.8, 4) is 5.75 Å². The molecular formula is C28H36N4O13. The third kappa shape index (κ3) is 8.61. The Morgan fingerprint density at radius 2 is 1.69 bits per heavy atom. The van der Waals surface area contributed by atoms with E-state index in [4.69, 9.17) is 19.9 Å². The number of aliphatic hydroxyl groups excluding tert-OH is 3. The molecule has 1 fully saturated rings. The highest BCUT2D eigenvalue weighted by Gasteiger charge is 2.48. The Balaban J connectivity index is 1.74. The third-order valence-corrected chi connectivity index (χ3v) is 6.69. The number of carboxylic acids is 1. The highest BCUT2D eigenvalue weighted by Crippen LogP contribution is 2.31. The summed E-state index contributed by atoms with van der Waals surface area (Å²) in [5, 5.41) is 44.7. The Hall–Kier alpha value is -4.42. The smallest absolute Gasteiger partial charge is 0.335 e. The quantitative estimate of drug-likeness (QED) is 0.0944. The lowest BCUT2D eigenvalue weighted by molar-refractivity contribution is -0.271. The first-order valence-corrected chi connectivity index (χ1v) is 13.8. The van der Waals surface area contributed by atoms with E-state index in [0.717, 1.165) is 12.2 Å². The number of hydrogen-bond acceptors (Lipinski definition) is 13. The van der Waals surface area contributed by atoms with E-state index in [2.05, 4.69) is 10.6 Å². The minimum absolute atomic E-state index is 0.0434. The van der Waals surface area contributed by atoms with Crippen molar-refractivity contribution in [1.29, 1.82) is 0 Å². The standard InChI is InChI=1S/C28H36N4O13/c1-28(2,3)27(42)43-12-13-4-5-16(44-26-22(38)20(36)21(37)23(45-26)25(40)41)14(10-13)31-17(33)8-9-30-24(39)15(11-29)32-18(34)6-7-19(32)35/h4-7,10,15,20-23,26,36-38H,8-9,11-12,29H2,1-3H3,(H,30,39)(H,31,33)(H,40,41)/t15-,20-,21?,22-,23?,26?/m0/s1. The lowest BCUT2D eigenvalue weighted by Crippen LogP contribution is -2.61. The number of nitrogens with one attached hydrogen (secondary N) is 2. The van der Waals surface area contributed by atoms with Gasteiger partial charge in [0, 0.05) is 31.7 Å². The molecule has 1 aromatic carbocycles. The zero-order chi connectivity index (χ0) is 33.6. The number of rotatable bonds is 12. The first kappa shape index (κ1) is 35.1. The van der Waals surface area contributed by atoms with Crippen LogP contribution in [0.15, 0.2) is 30.4 Å². The number of amides is 4. The van der Waals surface area contributed by atoms with Crippen LogP contribution in [0.2, 0.25) is 0 Å². The zero-order valence-electron chi connectivity index (χ0n) is 24.7. The first-order chi connectivity index (χ1) is 21.0. The average Bonchev–Trinajstić information content (AvgIpc) is 3.29. The second-order valence-electron chi connectivity index (χ2n) is 11.2. The molecular weight excluding hydrogens is 600 g/mol. The van der Waals surface area contributed by atoms with Crippen molar-refractivity contribution in [2.75, 3.05) is 18.4 Å². The van der Waals surface area contributed by atoms with Gasteiger partial charge in [-0.05, 0) is 38.5 Å². The van der Waals surface area contributed by atoms with Gasteiger partial charge in [-0.3, -0.25) is 28.9 Å². The van der Waals surface area contributed by atoms with Crippen molar-refractivity contribution < 1.29 is 63.4 Å². The fourth-order valence-electron chi connectivity index (χ4n) is 4.19. The molecule has 0 aromatic heterocycles. The number of nitrogens with zero attached hydrogens (tertiary/aromatic N) is 1. The molecule has 45 heavy (non-hydrogen) atoms. The van der Waals surface area contributed by atoms with Gasteiger partial charge in [0.1, 0.15) is 36.7 Å². The molecule has 1 saturated heterocycles. The molecule has 3 rings (SSSR count). The third-order valence-electron chi connectivity index (χ3n) is 6.69. The Labute approximate surface area is 256 Å². The molecule has 8 N–H and O–H groups in total. The van der Waals surface area contributed by atoms with Crippen LogP contribution in [0, 0.1) is 5.41 Å². The van der Waals surface area contributed by atoms with E-state index >= 15 is 0 Å². The summed E-state index contributed by atoms with van der Waals surface area (Å²) in [5.41, 5.74) is 5.15. The average molecular weight is 637 g/mol.